The molecule has 2 aromatic rings. The summed E-state index contributed by atoms with van der Waals surface area (Å²) in [4.78, 5) is 14.8. The van der Waals surface area contributed by atoms with Crippen LogP contribution in [0, 0.1) is 5.92 Å². The van der Waals surface area contributed by atoms with E-state index in [0.717, 1.165) is 31.6 Å². The van der Waals surface area contributed by atoms with Gasteiger partial charge in [0.15, 0.2) is 0 Å². The molecule has 2 aromatic carbocycles. The number of piperidine rings is 1. The monoisotopic (exact) mass is 364 g/mol. The summed E-state index contributed by atoms with van der Waals surface area (Å²) in [5, 5.41) is 12.9. The van der Waals surface area contributed by atoms with Crippen molar-refractivity contribution < 1.29 is 9.90 Å². The van der Waals surface area contributed by atoms with Crippen LogP contribution in [0.25, 0.3) is 0 Å². The molecule has 0 radical (unpaired) electrons. The average Bonchev–Trinajstić information content (AvgIpc) is 2.65. The predicted molar refractivity (Wildman–Crippen MR) is 108 cm³/mol. The van der Waals surface area contributed by atoms with E-state index in [9.17, 15) is 9.90 Å². The number of phenols is 1. The van der Waals surface area contributed by atoms with Gasteiger partial charge < -0.3 is 10.4 Å². The number of rotatable bonds is 4. The van der Waals surface area contributed by atoms with Crippen molar-refractivity contribution in [3.63, 3.8) is 0 Å². The summed E-state index contributed by atoms with van der Waals surface area (Å²) in [7, 11) is 0. The lowest BCUT2D eigenvalue weighted by atomic mass is 9.59. The van der Waals surface area contributed by atoms with E-state index in [-0.39, 0.29) is 11.3 Å². The van der Waals surface area contributed by atoms with Crippen LogP contribution in [0.2, 0.25) is 0 Å². The van der Waals surface area contributed by atoms with Gasteiger partial charge in [0.1, 0.15) is 5.75 Å². The maximum Gasteiger partial charge on any atom is 0.225 e. The van der Waals surface area contributed by atoms with Crippen LogP contribution in [0.5, 0.6) is 5.75 Å². The van der Waals surface area contributed by atoms with Crippen molar-refractivity contribution in [3.05, 3.63) is 59.7 Å². The topological polar surface area (TPSA) is 52.6 Å². The van der Waals surface area contributed by atoms with Crippen molar-refractivity contribution in [2.24, 2.45) is 5.92 Å². The number of nitrogens with zero attached hydrogens (tertiary/aromatic N) is 1. The van der Waals surface area contributed by atoms with E-state index in [0.29, 0.717) is 24.1 Å². The first-order chi connectivity index (χ1) is 13.0. The smallest absolute Gasteiger partial charge is 0.225 e. The van der Waals surface area contributed by atoms with Crippen molar-refractivity contribution in [3.8, 4) is 5.75 Å². The number of phenolic OH excluding ortho intramolecular Hbond substituents is 1. The second kappa shape index (κ2) is 7.01. The van der Waals surface area contributed by atoms with Crippen molar-refractivity contribution in [2.75, 3.05) is 18.4 Å². The van der Waals surface area contributed by atoms with Crippen LogP contribution in [-0.4, -0.2) is 35.0 Å². The molecule has 0 unspecified atom stereocenters. The molecule has 0 aromatic heterocycles. The summed E-state index contributed by atoms with van der Waals surface area (Å²) in [5.41, 5.74) is 3.61. The summed E-state index contributed by atoms with van der Waals surface area (Å²) < 4.78 is 0. The van der Waals surface area contributed by atoms with Crippen molar-refractivity contribution in [2.45, 2.75) is 44.6 Å². The zero-order valence-corrected chi connectivity index (χ0v) is 16.1. The Labute approximate surface area is 161 Å². The Kier molecular flexibility index (Phi) is 4.68. The minimum absolute atomic E-state index is 0.0725. The summed E-state index contributed by atoms with van der Waals surface area (Å²) in [5.74, 6) is 0.932. The van der Waals surface area contributed by atoms with E-state index in [1.165, 1.54) is 11.1 Å². The van der Waals surface area contributed by atoms with Gasteiger partial charge in [0, 0.05) is 24.7 Å². The Morgan fingerprint density at radius 1 is 1.26 bits per heavy atom. The fourth-order valence-corrected chi connectivity index (χ4v) is 4.96. The lowest BCUT2D eigenvalue weighted by Gasteiger charge is -2.54. The van der Waals surface area contributed by atoms with Gasteiger partial charge in [0.2, 0.25) is 5.91 Å². The Balaban J connectivity index is 1.45. The van der Waals surface area contributed by atoms with Gasteiger partial charge in [-0.2, -0.15) is 0 Å². The quantitative estimate of drug-likeness (QED) is 0.864. The van der Waals surface area contributed by atoms with Crippen molar-refractivity contribution >= 4 is 11.6 Å². The zero-order valence-electron chi connectivity index (χ0n) is 16.1. The summed E-state index contributed by atoms with van der Waals surface area (Å²) in [6.45, 7) is 6.45. The molecular formula is C23H28N2O2. The highest BCUT2D eigenvalue weighted by Gasteiger charge is 2.48. The molecule has 4 heteroatoms. The number of fused-ring (bicyclic) bond motifs is 4. The molecular weight excluding hydrogens is 336 g/mol. The number of aromatic hydroxyl groups is 1. The van der Waals surface area contributed by atoms with E-state index < -0.39 is 0 Å². The molecule has 2 N–H and O–H groups in total. The molecule has 2 bridgehead atoms. The van der Waals surface area contributed by atoms with Crippen LogP contribution >= 0.6 is 0 Å². The van der Waals surface area contributed by atoms with Gasteiger partial charge in [-0.05, 0) is 66.1 Å². The van der Waals surface area contributed by atoms with Gasteiger partial charge in [-0.3, -0.25) is 9.69 Å². The molecule has 1 aliphatic carbocycles. The molecule has 0 saturated carbocycles. The van der Waals surface area contributed by atoms with E-state index >= 15 is 0 Å². The molecule has 1 amide bonds. The molecule has 27 heavy (non-hydrogen) atoms. The van der Waals surface area contributed by atoms with Gasteiger partial charge in [-0.15, -0.1) is 0 Å². The first kappa shape index (κ1) is 18.1. The van der Waals surface area contributed by atoms with Gasteiger partial charge in [-0.1, -0.05) is 38.1 Å². The van der Waals surface area contributed by atoms with Crippen LogP contribution in [0.15, 0.2) is 48.5 Å². The average molecular weight is 364 g/mol. The van der Waals surface area contributed by atoms with Gasteiger partial charge in [0.25, 0.3) is 0 Å². The molecule has 2 aliphatic rings. The van der Waals surface area contributed by atoms with E-state index in [2.05, 4.69) is 30.1 Å². The van der Waals surface area contributed by atoms with E-state index in [4.69, 9.17) is 0 Å². The number of carbonyl (C=O) groups excluding carboxylic acids is 1. The maximum atomic E-state index is 12.3. The highest BCUT2D eigenvalue weighted by molar-refractivity contribution is 5.90. The maximum absolute atomic E-state index is 12.3. The number of para-hydroxylation sites is 1. The Morgan fingerprint density at radius 2 is 2.04 bits per heavy atom. The predicted octanol–water partition coefficient (Wildman–Crippen LogP) is 3.95. The minimum atomic E-state index is 0.0725. The molecule has 1 heterocycles. The number of likely N-dealkylation sites (tertiary alicyclic amines) is 1. The highest BCUT2D eigenvalue weighted by Crippen LogP contribution is 2.49. The molecule has 4 rings (SSSR count). The van der Waals surface area contributed by atoms with Crippen LogP contribution in [-0.2, 0) is 16.6 Å². The number of amides is 1. The van der Waals surface area contributed by atoms with E-state index in [1.54, 1.807) is 6.07 Å². The van der Waals surface area contributed by atoms with Crippen molar-refractivity contribution in [1.82, 2.24) is 4.90 Å². The number of hydrogen-bond acceptors (Lipinski definition) is 3. The normalized spacial score (nSPS) is 27.0. The Hall–Kier alpha value is -2.33. The van der Waals surface area contributed by atoms with Crippen LogP contribution < -0.4 is 5.32 Å². The van der Waals surface area contributed by atoms with Gasteiger partial charge in [0.05, 0.1) is 0 Å². The SMILES string of the molecule is C[C@H]1[C@H]2Cc3ccc(O)cc3[C@]1(C)CCN2CCC(=O)Nc1ccccc1. The molecule has 142 valence electrons. The molecule has 0 spiro atoms. The second-order valence-corrected chi connectivity index (χ2v) is 8.27. The number of hydrogen-bond donors (Lipinski definition) is 2. The van der Waals surface area contributed by atoms with Crippen LogP contribution in [0.4, 0.5) is 5.69 Å². The minimum Gasteiger partial charge on any atom is -0.508 e. The zero-order chi connectivity index (χ0) is 19.0. The summed E-state index contributed by atoms with van der Waals surface area (Å²) in [6, 6.07) is 15.9. The lowest BCUT2D eigenvalue weighted by Crippen LogP contribution is -2.58. The first-order valence-corrected chi connectivity index (χ1v) is 9.89. The van der Waals surface area contributed by atoms with Gasteiger partial charge >= 0.3 is 0 Å². The van der Waals surface area contributed by atoms with Crippen LogP contribution in [0.1, 0.15) is 37.8 Å². The van der Waals surface area contributed by atoms with Crippen LogP contribution in [0.3, 0.4) is 0 Å². The van der Waals surface area contributed by atoms with Gasteiger partial charge in [-0.25, -0.2) is 0 Å². The number of benzene rings is 2. The molecule has 1 aliphatic heterocycles. The third-order valence-electron chi connectivity index (χ3n) is 6.79. The standard InChI is InChI=1S/C23H28N2O2/c1-16-21-14-17-8-9-19(26)15-20(17)23(16,2)11-13-25(21)12-10-22(27)24-18-6-4-3-5-7-18/h3-9,15-16,21,26H,10-14H2,1-2H3,(H,24,27)/t16-,21+,23+/m0/s1. The third kappa shape index (κ3) is 3.34. The molecule has 3 atom stereocenters. The molecule has 1 fully saturated rings. The lowest BCUT2D eigenvalue weighted by molar-refractivity contribution is -0.117. The third-order valence-corrected chi connectivity index (χ3v) is 6.79. The fourth-order valence-electron chi connectivity index (χ4n) is 4.96. The molecule has 1 saturated heterocycles. The number of anilines is 1. The second-order valence-electron chi connectivity index (χ2n) is 8.27. The fraction of sp³-hybridized carbons (Fsp3) is 0.435. The van der Waals surface area contributed by atoms with E-state index in [1.807, 2.05) is 36.4 Å². The molecule has 4 nitrogen and oxygen atoms in total. The number of carbonyl (C=O) groups is 1. The Morgan fingerprint density at radius 3 is 2.81 bits per heavy atom. The summed E-state index contributed by atoms with van der Waals surface area (Å²) in [6.07, 6.45) is 2.56. The first-order valence-electron chi connectivity index (χ1n) is 9.89. The largest absolute Gasteiger partial charge is 0.508 e. The highest BCUT2D eigenvalue weighted by atomic mass is 16.3. The Bertz CT molecular complexity index is 836. The summed E-state index contributed by atoms with van der Waals surface area (Å²) >= 11 is 0. The number of nitrogens with one attached hydrogen (secondary N) is 1. The van der Waals surface area contributed by atoms with Crippen molar-refractivity contribution in [1.29, 1.82) is 0 Å².